The van der Waals surface area contributed by atoms with E-state index in [1.54, 1.807) is 6.07 Å². The van der Waals surface area contributed by atoms with E-state index in [2.05, 4.69) is 18.7 Å². The van der Waals surface area contributed by atoms with Gasteiger partial charge in [-0.15, -0.1) is 6.58 Å². The molecule has 82 valence electrons. The summed E-state index contributed by atoms with van der Waals surface area (Å²) in [7, 11) is 0. The largest absolute Gasteiger partial charge is 0.508 e. The van der Waals surface area contributed by atoms with Gasteiger partial charge in [-0.3, -0.25) is 0 Å². The highest BCUT2D eigenvalue weighted by Crippen LogP contribution is 2.28. The molecule has 0 aliphatic rings. The molecule has 16 heavy (non-hydrogen) atoms. The van der Waals surface area contributed by atoms with Gasteiger partial charge in [-0.1, -0.05) is 36.4 Å². The van der Waals surface area contributed by atoms with E-state index in [9.17, 15) is 5.11 Å². The lowest BCUT2D eigenvalue weighted by molar-refractivity contribution is 0.468. The van der Waals surface area contributed by atoms with Gasteiger partial charge in [0.25, 0.3) is 0 Å². The first kappa shape index (κ1) is 10.7. The number of aromatic hydroxyl groups is 1. The fourth-order valence-electron chi connectivity index (χ4n) is 2.01. The van der Waals surface area contributed by atoms with Crippen molar-refractivity contribution < 1.29 is 5.11 Å². The van der Waals surface area contributed by atoms with Crippen molar-refractivity contribution in [3.63, 3.8) is 0 Å². The van der Waals surface area contributed by atoms with Gasteiger partial charge in [0.05, 0.1) is 0 Å². The van der Waals surface area contributed by atoms with Crippen molar-refractivity contribution in [3.8, 4) is 5.75 Å². The second-order valence-corrected chi connectivity index (χ2v) is 3.97. The van der Waals surface area contributed by atoms with Gasteiger partial charge in [0.2, 0.25) is 0 Å². The van der Waals surface area contributed by atoms with Gasteiger partial charge in [-0.2, -0.15) is 0 Å². The molecule has 0 aliphatic carbocycles. The van der Waals surface area contributed by atoms with Crippen LogP contribution in [-0.2, 0) is 6.42 Å². The predicted octanol–water partition coefficient (Wildman–Crippen LogP) is 4.05. The van der Waals surface area contributed by atoms with E-state index >= 15 is 0 Å². The Morgan fingerprint density at radius 2 is 1.94 bits per heavy atom. The van der Waals surface area contributed by atoms with Gasteiger partial charge in [-0.05, 0) is 36.1 Å². The van der Waals surface area contributed by atoms with Crippen LogP contribution in [0.4, 0.5) is 0 Å². The maximum Gasteiger partial charge on any atom is 0.119 e. The first-order valence-corrected chi connectivity index (χ1v) is 5.63. The van der Waals surface area contributed by atoms with Gasteiger partial charge in [-0.25, -0.2) is 0 Å². The van der Waals surface area contributed by atoms with Crippen LogP contribution in [0.25, 0.3) is 10.8 Å². The number of phenols is 1. The predicted molar refractivity (Wildman–Crippen MR) is 68.7 cm³/mol. The number of hydrogen-bond acceptors (Lipinski definition) is 1. The van der Waals surface area contributed by atoms with Gasteiger partial charge >= 0.3 is 0 Å². The highest BCUT2D eigenvalue weighted by molar-refractivity contribution is 5.87. The first-order valence-electron chi connectivity index (χ1n) is 5.63. The molecule has 2 aromatic rings. The average Bonchev–Trinajstić information content (AvgIpc) is 2.32. The molecule has 0 bridgehead atoms. The minimum Gasteiger partial charge on any atom is -0.508 e. The van der Waals surface area contributed by atoms with E-state index in [-0.39, 0.29) is 0 Å². The lowest BCUT2D eigenvalue weighted by atomic mass is 9.99. The standard InChI is InChI=1S/C15H16O/c1-2-3-4-9-14-13-8-6-5-7-12(13)10-11-15(14)16/h2,5-8,10-11,16H,1,3-4,9H2. The summed E-state index contributed by atoms with van der Waals surface area (Å²) in [5.74, 6) is 0.405. The average molecular weight is 212 g/mol. The van der Waals surface area contributed by atoms with Crippen molar-refractivity contribution in [2.75, 3.05) is 0 Å². The topological polar surface area (TPSA) is 20.2 Å². The number of aryl methyl sites for hydroxylation is 1. The second kappa shape index (κ2) is 4.84. The van der Waals surface area contributed by atoms with Gasteiger partial charge in [0.15, 0.2) is 0 Å². The molecule has 0 unspecified atom stereocenters. The van der Waals surface area contributed by atoms with Crippen molar-refractivity contribution in [2.24, 2.45) is 0 Å². The number of unbranched alkanes of at least 4 members (excludes halogenated alkanes) is 1. The zero-order chi connectivity index (χ0) is 11.4. The molecule has 1 heteroatoms. The number of allylic oxidation sites excluding steroid dienone is 1. The lowest BCUT2D eigenvalue weighted by Gasteiger charge is -2.08. The highest BCUT2D eigenvalue weighted by atomic mass is 16.3. The van der Waals surface area contributed by atoms with Crippen molar-refractivity contribution >= 4 is 10.8 Å². The number of hydrogen-bond donors (Lipinski definition) is 1. The fourth-order valence-corrected chi connectivity index (χ4v) is 2.01. The molecule has 0 aromatic heterocycles. The first-order chi connectivity index (χ1) is 7.83. The SMILES string of the molecule is C=CCCCc1c(O)ccc2ccccc12. The number of rotatable bonds is 4. The molecule has 0 spiro atoms. The maximum atomic E-state index is 9.88. The quantitative estimate of drug-likeness (QED) is 0.598. The maximum absolute atomic E-state index is 9.88. The third-order valence-electron chi connectivity index (χ3n) is 2.85. The molecule has 0 amide bonds. The molecule has 0 fully saturated rings. The van der Waals surface area contributed by atoms with E-state index in [4.69, 9.17) is 0 Å². The summed E-state index contributed by atoms with van der Waals surface area (Å²) >= 11 is 0. The zero-order valence-electron chi connectivity index (χ0n) is 9.32. The normalized spacial score (nSPS) is 10.5. The van der Waals surface area contributed by atoms with Crippen LogP contribution in [0.3, 0.4) is 0 Å². The van der Waals surface area contributed by atoms with Crippen LogP contribution in [0, 0.1) is 0 Å². The van der Waals surface area contributed by atoms with Gasteiger partial charge < -0.3 is 5.11 Å². The number of benzene rings is 2. The van der Waals surface area contributed by atoms with E-state index in [0.29, 0.717) is 5.75 Å². The van der Waals surface area contributed by atoms with E-state index in [0.717, 1.165) is 30.2 Å². The van der Waals surface area contributed by atoms with Crippen molar-refractivity contribution in [1.82, 2.24) is 0 Å². The Kier molecular flexibility index (Phi) is 3.25. The molecular weight excluding hydrogens is 196 g/mol. The number of phenolic OH excluding ortho intramolecular Hbond substituents is 1. The minimum atomic E-state index is 0.405. The van der Waals surface area contributed by atoms with Crippen LogP contribution in [-0.4, -0.2) is 5.11 Å². The van der Waals surface area contributed by atoms with Crippen LogP contribution in [0.1, 0.15) is 18.4 Å². The summed E-state index contributed by atoms with van der Waals surface area (Å²) in [6.45, 7) is 3.71. The third kappa shape index (κ3) is 2.08. The second-order valence-electron chi connectivity index (χ2n) is 3.97. The summed E-state index contributed by atoms with van der Waals surface area (Å²) < 4.78 is 0. The van der Waals surface area contributed by atoms with Crippen LogP contribution in [0.5, 0.6) is 5.75 Å². The summed E-state index contributed by atoms with van der Waals surface area (Å²) in [4.78, 5) is 0. The molecule has 0 atom stereocenters. The Labute approximate surface area is 96.0 Å². The Hall–Kier alpha value is -1.76. The molecular formula is C15H16O. The van der Waals surface area contributed by atoms with Gasteiger partial charge in [0.1, 0.15) is 5.75 Å². The molecule has 1 nitrogen and oxygen atoms in total. The summed E-state index contributed by atoms with van der Waals surface area (Å²) in [6.07, 6.45) is 4.84. The third-order valence-corrected chi connectivity index (χ3v) is 2.85. The van der Waals surface area contributed by atoms with E-state index in [1.807, 2.05) is 24.3 Å². The Morgan fingerprint density at radius 1 is 1.12 bits per heavy atom. The molecule has 0 saturated heterocycles. The van der Waals surface area contributed by atoms with Crippen molar-refractivity contribution in [2.45, 2.75) is 19.3 Å². The lowest BCUT2D eigenvalue weighted by Crippen LogP contribution is -1.88. The minimum absolute atomic E-state index is 0.405. The van der Waals surface area contributed by atoms with Crippen LogP contribution >= 0.6 is 0 Å². The molecule has 1 N–H and O–H groups in total. The van der Waals surface area contributed by atoms with E-state index in [1.165, 1.54) is 5.39 Å². The van der Waals surface area contributed by atoms with Crippen LogP contribution < -0.4 is 0 Å². The zero-order valence-corrected chi connectivity index (χ0v) is 9.32. The number of fused-ring (bicyclic) bond motifs is 1. The summed E-state index contributed by atoms with van der Waals surface area (Å²) in [5.41, 5.74) is 1.06. The molecule has 0 heterocycles. The fraction of sp³-hybridized carbons (Fsp3) is 0.200. The summed E-state index contributed by atoms with van der Waals surface area (Å²) in [6, 6.07) is 11.9. The smallest absolute Gasteiger partial charge is 0.119 e. The Morgan fingerprint density at radius 3 is 2.75 bits per heavy atom. The molecule has 0 aliphatic heterocycles. The molecule has 0 radical (unpaired) electrons. The molecule has 2 rings (SSSR count). The molecule has 2 aromatic carbocycles. The van der Waals surface area contributed by atoms with Gasteiger partial charge in [0, 0.05) is 5.56 Å². The van der Waals surface area contributed by atoms with Crippen molar-refractivity contribution in [3.05, 3.63) is 54.6 Å². The van der Waals surface area contributed by atoms with Crippen molar-refractivity contribution in [1.29, 1.82) is 0 Å². The Balaban J connectivity index is 2.40. The van der Waals surface area contributed by atoms with Crippen LogP contribution in [0.2, 0.25) is 0 Å². The van der Waals surface area contributed by atoms with E-state index < -0.39 is 0 Å². The Bertz CT molecular complexity index is 500. The highest BCUT2D eigenvalue weighted by Gasteiger charge is 2.05. The monoisotopic (exact) mass is 212 g/mol. The molecule has 0 saturated carbocycles. The summed E-state index contributed by atoms with van der Waals surface area (Å²) in [5, 5.41) is 12.2. The van der Waals surface area contributed by atoms with Crippen LogP contribution in [0.15, 0.2) is 49.1 Å².